The predicted octanol–water partition coefficient (Wildman–Crippen LogP) is 5.47. The van der Waals surface area contributed by atoms with E-state index in [1.807, 2.05) is 11.0 Å². The molecule has 2 aliphatic heterocycles. The second kappa shape index (κ2) is 10.0. The van der Waals surface area contributed by atoms with E-state index in [1.165, 1.54) is 46.1 Å². The molecule has 2 amide bonds. The molecule has 178 valence electrons. The quantitative estimate of drug-likeness (QED) is 0.548. The average molecular weight is 534 g/mol. The number of amides is 2. The number of halogens is 2. The van der Waals surface area contributed by atoms with Crippen molar-refractivity contribution in [1.29, 1.82) is 0 Å². The lowest BCUT2D eigenvalue weighted by Crippen LogP contribution is -2.54. The molecule has 1 atom stereocenters. The number of nitrogens with zero attached hydrogens (tertiary/aromatic N) is 3. The zero-order valence-electron chi connectivity index (χ0n) is 19.5. The predicted molar refractivity (Wildman–Crippen MR) is 138 cm³/mol. The van der Waals surface area contributed by atoms with E-state index in [0.29, 0.717) is 6.04 Å². The lowest BCUT2D eigenvalue weighted by atomic mass is 9.94. The molecule has 1 unspecified atom stereocenters. The number of rotatable bonds is 2. The summed E-state index contributed by atoms with van der Waals surface area (Å²) in [4.78, 5) is 19.9. The van der Waals surface area contributed by atoms with Crippen LogP contribution in [0, 0.1) is 0 Å². The zero-order chi connectivity index (χ0) is 22.9. The molecule has 1 N–H and O–H groups in total. The number of carbonyl (C=O) groups excluding carboxylic acids is 1. The third-order valence-corrected chi connectivity index (χ3v) is 8.40. The smallest absolute Gasteiger partial charge is 0.317 e. The molecule has 5 rings (SSSR count). The first-order chi connectivity index (χ1) is 16.0. The Kier molecular flexibility index (Phi) is 7.05. The van der Waals surface area contributed by atoms with Crippen LogP contribution in [0.1, 0.15) is 55.7 Å². The van der Waals surface area contributed by atoms with Gasteiger partial charge in [0, 0.05) is 61.0 Å². The van der Waals surface area contributed by atoms with Crippen molar-refractivity contribution >= 4 is 33.6 Å². The molecule has 0 radical (unpaired) electrons. The first-order valence-corrected chi connectivity index (χ1v) is 13.5. The van der Waals surface area contributed by atoms with Crippen molar-refractivity contribution in [3.63, 3.8) is 0 Å². The van der Waals surface area contributed by atoms with E-state index in [9.17, 15) is 4.79 Å². The topological polar surface area (TPSA) is 38.8 Å². The van der Waals surface area contributed by atoms with Gasteiger partial charge < -0.3 is 15.1 Å². The minimum Gasteiger partial charge on any atom is -0.371 e. The summed E-state index contributed by atoms with van der Waals surface area (Å²) in [5, 5.41) is 4.10. The first kappa shape index (κ1) is 23.3. The molecule has 7 heteroatoms. The van der Waals surface area contributed by atoms with Crippen LogP contribution >= 0.6 is 27.5 Å². The summed E-state index contributed by atoms with van der Waals surface area (Å²) in [6, 6.07) is 7.07. The summed E-state index contributed by atoms with van der Waals surface area (Å²) in [6.45, 7) is 4.18. The number of hydrogen-bond acceptors (Lipinski definition) is 3. The minimum atomic E-state index is 0.121. The number of piperazine rings is 1. The summed E-state index contributed by atoms with van der Waals surface area (Å²) < 4.78 is 1.23. The van der Waals surface area contributed by atoms with Gasteiger partial charge in [-0.05, 0) is 60.6 Å². The molecule has 33 heavy (non-hydrogen) atoms. The van der Waals surface area contributed by atoms with Crippen LogP contribution in [-0.4, -0.2) is 66.5 Å². The molecule has 1 saturated heterocycles. The van der Waals surface area contributed by atoms with Gasteiger partial charge in [0.2, 0.25) is 0 Å². The molecule has 1 saturated carbocycles. The molecule has 2 fully saturated rings. The maximum absolute atomic E-state index is 12.9. The number of urea groups is 1. The summed E-state index contributed by atoms with van der Waals surface area (Å²) in [5.74, 6) is 0. The number of aryl methyl sites for hydroxylation is 1. The van der Waals surface area contributed by atoms with E-state index >= 15 is 0 Å². The Morgan fingerprint density at radius 2 is 1.85 bits per heavy atom. The zero-order valence-corrected chi connectivity index (χ0v) is 21.8. The Morgan fingerprint density at radius 1 is 1.09 bits per heavy atom. The minimum absolute atomic E-state index is 0.121. The Hall–Kier alpha value is -1.50. The second-order valence-electron chi connectivity index (χ2n) is 9.91. The van der Waals surface area contributed by atoms with Crippen LogP contribution in [0.25, 0.3) is 0 Å². The van der Waals surface area contributed by atoms with Gasteiger partial charge in [0.1, 0.15) is 0 Å². The van der Waals surface area contributed by atoms with Crippen LogP contribution in [0.5, 0.6) is 0 Å². The van der Waals surface area contributed by atoms with Crippen LogP contribution < -0.4 is 5.32 Å². The molecule has 1 aromatic carbocycles. The van der Waals surface area contributed by atoms with Crippen molar-refractivity contribution in [3.8, 4) is 0 Å². The third kappa shape index (κ3) is 4.98. The maximum Gasteiger partial charge on any atom is 0.317 e. The highest BCUT2D eigenvalue weighted by atomic mass is 79.9. The molecule has 5 nitrogen and oxygen atoms in total. The number of benzene rings is 1. The SMILES string of the molecule is CN1CC(Br)=CC2=C1C(N1CCN(C(=O)NC3CCCCC3)CC1)c1ccc(Cl)cc1CC2. The fourth-order valence-electron chi connectivity index (χ4n) is 5.99. The Morgan fingerprint density at radius 3 is 2.61 bits per heavy atom. The van der Waals surface area contributed by atoms with Crippen molar-refractivity contribution in [2.24, 2.45) is 0 Å². The molecule has 4 aliphatic rings. The monoisotopic (exact) mass is 532 g/mol. The van der Waals surface area contributed by atoms with Crippen molar-refractivity contribution in [3.05, 3.63) is 56.2 Å². The fraction of sp³-hybridized carbons (Fsp3) is 0.577. The highest BCUT2D eigenvalue weighted by Crippen LogP contribution is 2.42. The summed E-state index contributed by atoms with van der Waals surface area (Å²) in [5.41, 5.74) is 5.52. The Labute approximate surface area is 210 Å². The lowest BCUT2D eigenvalue weighted by molar-refractivity contribution is 0.107. The molecular weight excluding hydrogens is 500 g/mol. The second-order valence-corrected chi connectivity index (χ2v) is 11.4. The summed E-state index contributed by atoms with van der Waals surface area (Å²) >= 11 is 10.1. The van der Waals surface area contributed by atoms with Gasteiger partial charge in [0.05, 0.1) is 6.04 Å². The van der Waals surface area contributed by atoms with Crippen molar-refractivity contribution in [1.82, 2.24) is 20.0 Å². The van der Waals surface area contributed by atoms with Crippen molar-refractivity contribution < 1.29 is 4.79 Å². The van der Waals surface area contributed by atoms with Crippen LogP contribution in [0.3, 0.4) is 0 Å². The van der Waals surface area contributed by atoms with Gasteiger partial charge in [0.15, 0.2) is 0 Å². The number of nitrogens with one attached hydrogen (secondary N) is 1. The Balaban J connectivity index is 1.36. The number of allylic oxidation sites excluding steroid dienone is 2. The molecule has 0 aromatic heterocycles. The molecule has 1 aromatic rings. The molecule has 2 aliphatic carbocycles. The van der Waals surface area contributed by atoms with E-state index < -0.39 is 0 Å². The lowest BCUT2D eigenvalue weighted by Gasteiger charge is -2.44. The van der Waals surface area contributed by atoms with Gasteiger partial charge >= 0.3 is 6.03 Å². The Bertz CT molecular complexity index is 963. The maximum atomic E-state index is 12.9. The van der Waals surface area contributed by atoms with Crippen LogP contribution in [0.4, 0.5) is 4.79 Å². The number of hydrogen-bond donors (Lipinski definition) is 1. The molecule has 0 bridgehead atoms. The third-order valence-electron chi connectivity index (χ3n) is 7.68. The highest BCUT2D eigenvalue weighted by Gasteiger charge is 2.36. The van der Waals surface area contributed by atoms with E-state index in [4.69, 9.17) is 11.6 Å². The summed E-state index contributed by atoms with van der Waals surface area (Å²) in [7, 11) is 2.20. The number of carbonyl (C=O) groups is 1. The fourth-order valence-corrected chi connectivity index (χ4v) is 6.84. The van der Waals surface area contributed by atoms with Gasteiger partial charge in [-0.25, -0.2) is 4.79 Å². The number of likely N-dealkylation sites (N-methyl/N-ethyl adjacent to an activating group) is 1. The molecular formula is C26H34BrClN4O. The largest absolute Gasteiger partial charge is 0.371 e. The highest BCUT2D eigenvalue weighted by molar-refractivity contribution is 9.11. The normalized spacial score (nSPS) is 24.7. The van der Waals surface area contributed by atoms with E-state index in [2.05, 4.69) is 56.3 Å². The van der Waals surface area contributed by atoms with E-state index in [1.54, 1.807) is 0 Å². The number of fused-ring (bicyclic) bond motifs is 1. The van der Waals surface area contributed by atoms with Gasteiger partial charge in [-0.1, -0.05) is 52.9 Å². The van der Waals surface area contributed by atoms with Crippen LogP contribution in [0.2, 0.25) is 5.02 Å². The first-order valence-electron chi connectivity index (χ1n) is 12.4. The van der Waals surface area contributed by atoms with E-state index in [0.717, 1.165) is 63.4 Å². The van der Waals surface area contributed by atoms with Gasteiger partial charge in [-0.15, -0.1) is 0 Å². The van der Waals surface area contributed by atoms with Gasteiger partial charge in [-0.2, -0.15) is 0 Å². The van der Waals surface area contributed by atoms with Crippen LogP contribution in [-0.2, 0) is 6.42 Å². The average Bonchev–Trinajstić information content (AvgIpc) is 2.96. The van der Waals surface area contributed by atoms with E-state index in [-0.39, 0.29) is 12.1 Å². The molecule has 2 heterocycles. The standard InChI is InChI=1S/C26H34BrClN4O/c1-30-17-20(27)15-19-8-7-18-16-21(28)9-10-23(18)25(24(19)30)31-11-13-32(14-12-31)26(33)29-22-5-3-2-4-6-22/h9-10,15-16,22,25H,2-8,11-14,17H2,1H3,(H,29,33). The molecule has 0 spiro atoms. The van der Waals surface area contributed by atoms with Gasteiger partial charge in [0.25, 0.3) is 0 Å². The van der Waals surface area contributed by atoms with Crippen molar-refractivity contribution in [2.75, 3.05) is 39.8 Å². The van der Waals surface area contributed by atoms with Crippen LogP contribution in [0.15, 0.2) is 40.0 Å². The van der Waals surface area contributed by atoms with Crippen molar-refractivity contribution in [2.45, 2.75) is 57.0 Å². The van der Waals surface area contributed by atoms with Gasteiger partial charge in [-0.3, -0.25) is 4.90 Å². The summed E-state index contributed by atoms with van der Waals surface area (Å²) in [6.07, 6.45) is 10.4.